The molecule has 0 saturated carbocycles. The number of hydrogen-bond donors (Lipinski definition) is 0. The molecule has 1 aliphatic rings. The predicted molar refractivity (Wildman–Crippen MR) is 73.6 cm³/mol. The number of anilines is 2. The number of aryl methyl sites for hydroxylation is 1. The van der Waals surface area contributed by atoms with Gasteiger partial charge in [0.05, 0.1) is 5.69 Å². The summed E-state index contributed by atoms with van der Waals surface area (Å²) in [4.78, 5) is 12.7. The molecule has 2 aromatic carbocycles. The highest BCUT2D eigenvalue weighted by atomic mass is 19.1. The van der Waals surface area contributed by atoms with E-state index in [0.29, 0.717) is 17.5 Å². The van der Waals surface area contributed by atoms with Crippen LogP contribution in [0.4, 0.5) is 15.8 Å². The van der Waals surface area contributed by atoms with E-state index in [9.17, 15) is 9.18 Å². The average Bonchev–Trinajstić information content (AvgIpc) is 2.46. The second-order valence-electron chi connectivity index (χ2n) is 4.71. The lowest BCUT2D eigenvalue weighted by Gasteiger charge is -2.31. The van der Waals surface area contributed by atoms with Crippen LogP contribution in [0, 0.1) is 5.82 Å². The van der Waals surface area contributed by atoms with E-state index in [2.05, 4.69) is 6.07 Å². The molecule has 0 aliphatic carbocycles. The molecule has 0 atom stereocenters. The fraction of sp³-hybridized carbons (Fsp3) is 0.188. The summed E-state index contributed by atoms with van der Waals surface area (Å²) >= 11 is 0. The molecule has 2 nitrogen and oxygen atoms in total. The van der Waals surface area contributed by atoms with Gasteiger partial charge in [0.2, 0.25) is 0 Å². The largest absolute Gasteiger partial charge is 0.339 e. The van der Waals surface area contributed by atoms with E-state index >= 15 is 0 Å². The third-order valence-corrected chi connectivity index (χ3v) is 3.51. The van der Waals surface area contributed by atoms with Gasteiger partial charge in [-0.15, -0.1) is 0 Å². The number of hydrogen-bond acceptors (Lipinski definition) is 2. The molecule has 19 heavy (non-hydrogen) atoms. The Kier molecular flexibility index (Phi) is 3.03. The molecule has 3 heteroatoms. The summed E-state index contributed by atoms with van der Waals surface area (Å²) in [5, 5.41) is 0. The van der Waals surface area contributed by atoms with Crippen LogP contribution in [0.15, 0.2) is 42.5 Å². The Labute approximate surface area is 111 Å². The first-order chi connectivity index (χ1) is 9.29. The number of rotatable bonds is 2. The highest BCUT2D eigenvalue weighted by Crippen LogP contribution is 2.34. The number of aldehydes is 1. The third-order valence-electron chi connectivity index (χ3n) is 3.51. The predicted octanol–water partition coefficient (Wildman–Crippen LogP) is 3.72. The summed E-state index contributed by atoms with van der Waals surface area (Å²) in [7, 11) is 0. The van der Waals surface area contributed by atoms with Crippen LogP contribution in [0.1, 0.15) is 22.3 Å². The van der Waals surface area contributed by atoms with Gasteiger partial charge in [-0.05, 0) is 42.7 Å². The fourth-order valence-corrected chi connectivity index (χ4v) is 2.60. The highest BCUT2D eigenvalue weighted by molar-refractivity contribution is 5.77. The second-order valence-corrected chi connectivity index (χ2v) is 4.71. The minimum Gasteiger partial charge on any atom is -0.339 e. The molecular weight excluding hydrogens is 241 g/mol. The van der Waals surface area contributed by atoms with Crippen molar-refractivity contribution in [2.24, 2.45) is 0 Å². The zero-order valence-corrected chi connectivity index (χ0v) is 10.5. The molecule has 2 aromatic rings. The van der Waals surface area contributed by atoms with Gasteiger partial charge in [0.25, 0.3) is 0 Å². The maximum Gasteiger partial charge on any atom is 0.150 e. The SMILES string of the molecule is O=Cc1ccc(N2CCCc3ccccc32)c(F)c1. The van der Waals surface area contributed by atoms with Crippen molar-refractivity contribution in [3.05, 3.63) is 59.4 Å². The van der Waals surface area contributed by atoms with Gasteiger partial charge in [0.1, 0.15) is 12.1 Å². The van der Waals surface area contributed by atoms with Crippen LogP contribution in [-0.4, -0.2) is 12.8 Å². The monoisotopic (exact) mass is 255 g/mol. The molecule has 0 spiro atoms. The molecule has 1 aliphatic heterocycles. The zero-order chi connectivity index (χ0) is 13.2. The summed E-state index contributed by atoms with van der Waals surface area (Å²) in [6.45, 7) is 0.800. The van der Waals surface area contributed by atoms with Crippen molar-refractivity contribution in [3.8, 4) is 0 Å². The molecule has 0 bridgehead atoms. The van der Waals surface area contributed by atoms with Crippen LogP contribution in [0.5, 0.6) is 0 Å². The number of carbonyl (C=O) groups is 1. The van der Waals surface area contributed by atoms with Gasteiger partial charge in [-0.1, -0.05) is 18.2 Å². The van der Waals surface area contributed by atoms with Crippen LogP contribution in [-0.2, 0) is 6.42 Å². The van der Waals surface area contributed by atoms with E-state index in [4.69, 9.17) is 0 Å². The van der Waals surface area contributed by atoms with Gasteiger partial charge in [-0.2, -0.15) is 0 Å². The molecule has 3 rings (SSSR count). The lowest BCUT2D eigenvalue weighted by atomic mass is 10.0. The Morgan fingerprint density at radius 1 is 1.11 bits per heavy atom. The van der Waals surface area contributed by atoms with Gasteiger partial charge in [0.15, 0.2) is 0 Å². The van der Waals surface area contributed by atoms with Gasteiger partial charge in [-0.25, -0.2) is 4.39 Å². The Balaban J connectivity index is 2.06. The van der Waals surface area contributed by atoms with Crippen molar-refractivity contribution in [1.82, 2.24) is 0 Å². The number of benzene rings is 2. The molecule has 0 radical (unpaired) electrons. The van der Waals surface area contributed by atoms with E-state index < -0.39 is 0 Å². The molecule has 0 aromatic heterocycles. The van der Waals surface area contributed by atoms with Gasteiger partial charge >= 0.3 is 0 Å². The first-order valence-corrected chi connectivity index (χ1v) is 6.40. The standard InChI is InChI=1S/C16H14FNO/c17-14-10-12(11-19)7-8-16(14)18-9-3-5-13-4-1-2-6-15(13)18/h1-2,4,6-8,10-11H,3,5,9H2. The topological polar surface area (TPSA) is 20.3 Å². The lowest BCUT2D eigenvalue weighted by Crippen LogP contribution is -2.25. The van der Waals surface area contributed by atoms with Crippen molar-refractivity contribution >= 4 is 17.7 Å². The Morgan fingerprint density at radius 2 is 1.95 bits per heavy atom. The molecule has 0 fully saturated rings. The van der Waals surface area contributed by atoms with Gasteiger partial charge in [-0.3, -0.25) is 4.79 Å². The van der Waals surface area contributed by atoms with Crippen LogP contribution >= 0.6 is 0 Å². The summed E-state index contributed by atoms with van der Waals surface area (Å²) in [6.07, 6.45) is 2.70. The minimum absolute atomic E-state index is 0.346. The van der Waals surface area contributed by atoms with Crippen molar-refractivity contribution < 1.29 is 9.18 Å². The number of para-hydroxylation sites is 1. The quantitative estimate of drug-likeness (QED) is 0.762. The van der Waals surface area contributed by atoms with E-state index in [1.54, 1.807) is 12.1 Å². The smallest absolute Gasteiger partial charge is 0.150 e. The van der Waals surface area contributed by atoms with Crippen LogP contribution in [0.2, 0.25) is 0 Å². The zero-order valence-electron chi connectivity index (χ0n) is 10.5. The van der Waals surface area contributed by atoms with E-state index in [1.165, 1.54) is 11.6 Å². The summed E-state index contributed by atoms with van der Waals surface area (Å²) < 4.78 is 14.1. The number of carbonyl (C=O) groups excluding carboxylic acids is 1. The molecule has 1 heterocycles. The van der Waals surface area contributed by atoms with Crippen LogP contribution < -0.4 is 4.90 Å². The highest BCUT2D eigenvalue weighted by Gasteiger charge is 2.20. The van der Waals surface area contributed by atoms with Crippen molar-refractivity contribution in [3.63, 3.8) is 0 Å². The molecule has 0 amide bonds. The first-order valence-electron chi connectivity index (χ1n) is 6.40. The molecular formula is C16H14FNO. The van der Waals surface area contributed by atoms with Crippen molar-refractivity contribution in [2.45, 2.75) is 12.8 Å². The Bertz CT molecular complexity index is 624. The Hall–Kier alpha value is -2.16. The minimum atomic E-state index is -0.346. The van der Waals surface area contributed by atoms with Crippen molar-refractivity contribution in [1.29, 1.82) is 0 Å². The second kappa shape index (κ2) is 4.84. The van der Waals surface area contributed by atoms with Crippen LogP contribution in [0.3, 0.4) is 0 Å². The Morgan fingerprint density at radius 3 is 2.74 bits per heavy atom. The van der Waals surface area contributed by atoms with E-state index in [0.717, 1.165) is 25.1 Å². The molecule has 0 saturated heterocycles. The molecule has 96 valence electrons. The maximum atomic E-state index is 14.1. The van der Waals surface area contributed by atoms with E-state index in [-0.39, 0.29) is 5.82 Å². The van der Waals surface area contributed by atoms with Gasteiger partial charge < -0.3 is 4.90 Å². The fourth-order valence-electron chi connectivity index (χ4n) is 2.60. The maximum absolute atomic E-state index is 14.1. The average molecular weight is 255 g/mol. The van der Waals surface area contributed by atoms with Gasteiger partial charge in [0, 0.05) is 17.8 Å². The number of halogens is 1. The summed E-state index contributed by atoms with van der Waals surface area (Å²) in [5.74, 6) is -0.346. The number of fused-ring (bicyclic) bond motifs is 1. The summed E-state index contributed by atoms with van der Waals surface area (Å²) in [5.41, 5.74) is 3.21. The third kappa shape index (κ3) is 2.12. The normalized spacial score (nSPS) is 14.1. The van der Waals surface area contributed by atoms with Crippen LogP contribution in [0.25, 0.3) is 0 Å². The molecule has 0 N–H and O–H groups in total. The number of nitrogens with zero attached hydrogens (tertiary/aromatic N) is 1. The summed E-state index contributed by atoms with van der Waals surface area (Å²) in [6, 6.07) is 12.7. The molecule has 0 unspecified atom stereocenters. The van der Waals surface area contributed by atoms with E-state index in [1.807, 2.05) is 23.1 Å². The lowest BCUT2D eigenvalue weighted by molar-refractivity contribution is 0.112. The van der Waals surface area contributed by atoms with Crippen molar-refractivity contribution in [2.75, 3.05) is 11.4 Å². The first kappa shape index (κ1) is 11.9.